The molecule has 1 aromatic heterocycles. The van der Waals surface area contributed by atoms with Crippen LogP contribution in [-0.4, -0.2) is 42.2 Å². The van der Waals surface area contributed by atoms with Crippen molar-refractivity contribution in [3.63, 3.8) is 0 Å². The highest BCUT2D eigenvalue weighted by atomic mass is 16.5. The number of nitrogens with one attached hydrogen (secondary N) is 1. The summed E-state index contributed by atoms with van der Waals surface area (Å²) in [5.74, 6) is 0.773. The van der Waals surface area contributed by atoms with Crippen molar-refractivity contribution in [1.29, 1.82) is 0 Å². The van der Waals surface area contributed by atoms with Crippen LogP contribution < -0.4 is 10.1 Å². The SMILES string of the molecule is CNCc1c(C)cc(C)nc1OCCN(C(C)C)C(C)C. The van der Waals surface area contributed by atoms with Crippen molar-refractivity contribution >= 4 is 0 Å². The molecule has 0 unspecified atom stereocenters. The molecule has 120 valence electrons. The minimum absolute atomic E-state index is 0.526. The molecule has 0 radical (unpaired) electrons. The van der Waals surface area contributed by atoms with Gasteiger partial charge in [-0.1, -0.05) is 0 Å². The van der Waals surface area contributed by atoms with Crippen LogP contribution in [0.4, 0.5) is 0 Å². The summed E-state index contributed by atoms with van der Waals surface area (Å²) < 4.78 is 5.99. The molecule has 1 aromatic rings. The van der Waals surface area contributed by atoms with E-state index in [0.29, 0.717) is 18.7 Å². The van der Waals surface area contributed by atoms with Crippen LogP contribution in [-0.2, 0) is 6.54 Å². The van der Waals surface area contributed by atoms with E-state index in [-0.39, 0.29) is 0 Å². The van der Waals surface area contributed by atoms with E-state index < -0.39 is 0 Å². The third-order valence-corrected chi connectivity index (χ3v) is 3.71. The van der Waals surface area contributed by atoms with Gasteiger partial charge < -0.3 is 10.1 Å². The zero-order valence-corrected chi connectivity index (χ0v) is 14.7. The Kier molecular flexibility index (Phi) is 7.12. The van der Waals surface area contributed by atoms with Crippen LogP contribution in [0.5, 0.6) is 5.88 Å². The van der Waals surface area contributed by atoms with Gasteiger partial charge in [0.15, 0.2) is 0 Å². The Bertz CT molecular complexity index is 436. The lowest BCUT2D eigenvalue weighted by Gasteiger charge is -2.30. The topological polar surface area (TPSA) is 37.4 Å². The van der Waals surface area contributed by atoms with E-state index in [1.165, 1.54) is 5.56 Å². The van der Waals surface area contributed by atoms with Gasteiger partial charge in [-0.05, 0) is 60.2 Å². The second-order valence-corrected chi connectivity index (χ2v) is 6.17. The predicted octanol–water partition coefficient (Wildman–Crippen LogP) is 2.92. The molecule has 1 rings (SSSR count). The second-order valence-electron chi connectivity index (χ2n) is 6.17. The second kappa shape index (κ2) is 8.35. The molecule has 0 aromatic carbocycles. The number of aryl methyl sites for hydroxylation is 2. The highest BCUT2D eigenvalue weighted by molar-refractivity contribution is 5.35. The molecule has 4 nitrogen and oxygen atoms in total. The van der Waals surface area contributed by atoms with Gasteiger partial charge in [0.2, 0.25) is 5.88 Å². The highest BCUT2D eigenvalue weighted by Crippen LogP contribution is 2.21. The van der Waals surface area contributed by atoms with Crippen molar-refractivity contribution in [2.75, 3.05) is 20.2 Å². The average Bonchev–Trinajstić information content (AvgIpc) is 2.37. The highest BCUT2D eigenvalue weighted by Gasteiger charge is 2.14. The number of rotatable bonds is 8. The molecule has 0 spiro atoms. The molecule has 21 heavy (non-hydrogen) atoms. The summed E-state index contributed by atoms with van der Waals surface area (Å²) in [4.78, 5) is 6.99. The summed E-state index contributed by atoms with van der Waals surface area (Å²) in [6.07, 6.45) is 0. The molecule has 0 fully saturated rings. The van der Waals surface area contributed by atoms with Crippen LogP contribution in [0.2, 0.25) is 0 Å². The van der Waals surface area contributed by atoms with E-state index in [9.17, 15) is 0 Å². The fourth-order valence-electron chi connectivity index (χ4n) is 2.70. The van der Waals surface area contributed by atoms with Gasteiger partial charge in [-0.25, -0.2) is 4.98 Å². The largest absolute Gasteiger partial charge is 0.476 e. The van der Waals surface area contributed by atoms with Gasteiger partial charge in [-0.3, -0.25) is 4.90 Å². The minimum atomic E-state index is 0.526. The summed E-state index contributed by atoms with van der Waals surface area (Å²) in [5.41, 5.74) is 3.40. The fourth-order valence-corrected chi connectivity index (χ4v) is 2.70. The summed E-state index contributed by atoms with van der Waals surface area (Å²) in [5, 5.41) is 3.19. The van der Waals surface area contributed by atoms with Crippen LogP contribution in [0.25, 0.3) is 0 Å². The van der Waals surface area contributed by atoms with Gasteiger partial charge in [0.05, 0.1) is 0 Å². The first-order chi connectivity index (χ1) is 9.86. The van der Waals surface area contributed by atoms with E-state index >= 15 is 0 Å². The molecule has 0 atom stereocenters. The van der Waals surface area contributed by atoms with E-state index in [2.05, 4.69) is 55.9 Å². The van der Waals surface area contributed by atoms with Crippen LogP contribution in [0.1, 0.15) is 44.5 Å². The molecule has 0 amide bonds. The average molecular weight is 293 g/mol. The zero-order valence-electron chi connectivity index (χ0n) is 14.7. The third kappa shape index (κ3) is 5.29. The molecule has 0 aliphatic carbocycles. The van der Waals surface area contributed by atoms with Crippen molar-refractivity contribution in [2.45, 2.75) is 60.2 Å². The van der Waals surface area contributed by atoms with Crippen molar-refractivity contribution in [2.24, 2.45) is 0 Å². The van der Waals surface area contributed by atoms with Gasteiger partial charge in [-0.2, -0.15) is 0 Å². The summed E-state index contributed by atoms with van der Waals surface area (Å²) in [6, 6.07) is 3.16. The van der Waals surface area contributed by atoms with Crippen LogP contribution in [0.15, 0.2) is 6.07 Å². The molecular weight excluding hydrogens is 262 g/mol. The molecule has 0 aliphatic heterocycles. The molecule has 4 heteroatoms. The van der Waals surface area contributed by atoms with E-state index in [1.54, 1.807) is 0 Å². The van der Waals surface area contributed by atoms with Gasteiger partial charge in [-0.15, -0.1) is 0 Å². The Morgan fingerprint density at radius 1 is 1.19 bits per heavy atom. The van der Waals surface area contributed by atoms with Crippen molar-refractivity contribution in [1.82, 2.24) is 15.2 Å². The Labute approximate surface area is 129 Å². The lowest BCUT2D eigenvalue weighted by Crippen LogP contribution is -2.39. The van der Waals surface area contributed by atoms with Crippen LogP contribution in [0, 0.1) is 13.8 Å². The standard InChI is InChI=1S/C17H31N3O/c1-12(2)20(13(3)4)8-9-21-17-16(11-18-7)14(5)10-15(6)19-17/h10,12-13,18H,8-9,11H2,1-7H3. The number of pyridine rings is 1. The van der Waals surface area contributed by atoms with Gasteiger partial charge in [0.25, 0.3) is 0 Å². The summed E-state index contributed by atoms with van der Waals surface area (Å²) >= 11 is 0. The molecule has 1 N–H and O–H groups in total. The maximum Gasteiger partial charge on any atom is 0.218 e. The van der Waals surface area contributed by atoms with Crippen molar-refractivity contribution < 1.29 is 4.74 Å². The number of hydrogen-bond donors (Lipinski definition) is 1. The van der Waals surface area contributed by atoms with Gasteiger partial charge in [0.1, 0.15) is 6.61 Å². The van der Waals surface area contributed by atoms with Crippen LogP contribution in [0.3, 0.4) is 0 Å². The lowest BCUT2D eigenvalue weighted by molar-refractivity contribution is 0.139. The maximum absolute atomic E-state index is 5.99. The number of nitrogens with zero attached hydrogens (tertiary/aromatic N) is 2. The van der Waals surface area contributed by atoms with E-state index in [0.717, 1.165) is 30.2 Å². The summed E-state index contributed by atoms with van der Waals surface area (Å²) in [6.45, 7) is 15.4. The number of aromatic nitrogens is 1. The maximum atomic E-state index is 5.99. The van der Waals surface area contributed by atoms with Crippen LogP contribution >= 0.6 is 0 Å². The molecular formula is C17H31N3O. The Hall–Kier alpha value is -1.13. The van der Waals surface area contributed by atoms with E-state index in [4.69, 9.17) is 4.74 Å². The monoisotopic (exact) mass is 293 g/mol. The van der Waals surface area contributed by atoms with Gasteiger partial charge >= 0.3 is 0 Å². The Morgan fingerprint density at radius 2 is 1.81 bits per heavy atom. The normalized spacial score (nSPS) is 11.7. The smallest absolute Gasteiger partial charge is 0.218 e. The lowest BCUT2D eigenvalue weighted by atomic mass is 10.1. The molecule has 1 heterocycles. The summed E-state index contributed by atoms with van der Waals surface area (Å²) in [7, 11) is 1.95. The van der Waals surface area contributed by atoms with Crippen molar-refractivity contribution in [3.05, 3.63) is 22.9 Å². The third-order valence-electron chi connectivity index (χ3n) is 3.71. The van der Waals surface area contributed by atoms with E-state index in [1.807, 2.05) is 14.0 Å². The first kappa shape index (κ1) is 17.9. The molecule has 0 bridgehead atoms. The number of ether oxygens (including phenoxy) is 1. The van der Waals surface area contributed by atoms with Gasteiger partial charge in [0, 0.05) is 36.4 Å². The Morgan fingerprint density at radius 3 is 2.33 bits per heavy atom. The minimum Gasteiger partial charge on any atom is -0.476 e. The first-order valence-electron chi connectivity index (χ1n) is 7.87. The molecule has 0 saturated carbocycles. The van der Waals surface area contributed by atoms with Crippen molar-refractivity contribution in [3.8, 4) is 5.88 Å². The Balaban J connectivity index is 2.74. The fraction of sp³-hybridized carbons (Fsp3) is 0.706. The zero-order chi connectivity index (χ0) is 16.0. The predicted molar refractivity (Wildman–Crippen MR) is 88.9 cm³/mol. The molecule has 0 saturated heterocycles. The quantitative estimate of drug-likeness (QED) is 0.799. The first-order valence-corrected chi connectivity index (χ1v) is 7.87. The molecule has 0 aliphatic rings. The number of hydrogen-bond acceptors (Lipinski definition) is 4.